The fourth-order valence-electron chi connectivity index (χ4n) is 3.31. The van der Waals surface area contributed by atoms with E-state index in [0.717, 1.165) is 49.3 Å². The van der Waals surface area contributed by atoms with Crippen LogP contribution >= 0.6 is 24.0 Å². The van der Waals surface area contributed by atoms with Crippen LogP contribution in [0.5, 0.6) is 5.75 Å². The third-order valence-corrected chi connectivity index (χ3v) is 5.08. The van der Waals surface area contributed by atoms with Gasteiger partial charge in [0.2, 0.25) is 0 Å². The van der Waals surface area contributed by atoms with Crippen LogP contribution < -0.4 is 20.3 Å². The molecule has 0 amide bonds. The summed E-state index contributed by atoms with van der Waals surface area (Å²) in [5, 5.41) is 15.1. The second-order valence-electron chi connectivity index (χ2n) is 6.73. The van der Waals surface area contributed by atoms with Crippen molar-refractivity contribution < 1.29 is 4.74 Å². The molecule has 2 aromatic rings. The molecular weight excluding hydrogens is 469 g/mol. The lowest BCUT2D eigenvalue weighted by Crippen LogP contribution is -2.48. The molecule has 1 aromatic carbocycles. The Morgan fingerprint density at radius 3 is 2.57 bits per heavy atom. The van der Waals surface area contributed by atoms with Crippen molar-refractivity contribution in [1.82, 2.24) is 25.4 Å². The highest BCUT2D eigenvalue weighted by Gasteiger charge is 2.22. The second kappa shape index (κ2) is 10.5. The highest BCUT2D eigenvalue weighted by Crippen LogP contribution is 2.29. The minimum atomic E-state index is 0. The minimum absolute atomic E-state index is 0. The lowest BCUT2D eigenvalue weighted by atomic mass is 10.0. The number of benzene rings is 1. The third kappa shape index (κ3) is 5.27. The van der Waals surface area contributed by atoms with Crippen molar-refractivity contribution in [3.63, 3.8) is 0 Å². The van der Waals surface area contributed by atoms with E-state index >= 15 is 0 Å². The van der Waals surface area contributed by atoms with Crippen LogP contribution in [-0.2, 0) is 13.6 Å². The monoisotopic (exact) mass is 499 g/mol. The molecule has 2 heterocycles. The molecule has 0 aliphatic carbocycles. The lowest BCUT2D eigenvalue weighted by Gasteiger charge is -2.35. The average Bonchev–Trinajstić information content (AvgIpc) is 3.03. The van der Waals surface area contributed by atoms with Gasteiger partial charge in [0.25, 0.3) is 0 Å². The fraction of sp³-hybridized carbons (Fsp3) is 0.526. The number of para-hydroxylation sites is 2. The van der Waals surface area contributed by atoms with E-state index in [1.807, 2.05) is 30.7 Å². The Morgan fingerprint density at radius 2 is 1.96 bits per heavy atom. The first-order valence-corrected chi connectivity index (χ1v) is 9.32. The number of aryl methyl sites for hydroxylation is 1. The Kier molecular flexibility index (Phi) is 8.34. The molecule has 1 fully saturated rings. The first kappa shape index (κ1) is 22.3. The zero-order valence-electron chi connectivity index (χ0n) is 17.0. The first-order chi connectivity index (χ1) is 13.1. The summed E-state index contributed by atoms with van der Waals surface area (Å²) >= 11 is 0. The normalized spacial score (nSPS) is 15.1. The summed E-state index contributed by atoms with van der Waals surface area (Å²) < 4.78 is 7.47. The summed E-state index contributed by atoms with van der Waals surface area (Å²) in [5.74, 6) is 3.52. The van der Waals surface area contributed by atoms with Crippen LogP contribution in [0.1, 0.15) is 24.5 Å². The minimum Gasteiger partial charge on any atom is -0.495 e. The molecule has 0 spiro atoms. The number of halogens is 1. The molecule has 1 aliphatic rings. The van der Waals surface area contributed by atoms with Crippen LogP contribution in [0.4, 0.5) is 5.69 Å². The van der Waals surface area contributed by atoms with Gasteiger partial charge in [0.15, 0.2) is 11.8 Å². The van der Waals surface area contributed by atoms with Gasteiger partial charge < -0.3 is 24.8 Å². The average molecular weight is 499 g/mol. The zero-order chi connectivity index (χ0) is 19.2. The van der Waals surface area contributed by atoms with Gasteiger partial charge in [-0.1, -0.05) is 12.1 Å². The molecule has 0 unspecified atom stereocenters. The van der Waals surface area contributed by atoms with Crippen LogP contribution in [0, 0.1) is 6.92 Å². The topological polar surface area (TPSA) is 79.6 Å². The summed E-state index contributed by atoms with van der Waals surface area (Å²) in [4.78, 5) is 6.73. The molecule has 1 aromatic heterocycles. The van der Waals surface area contributed by atoms with Crippen LogP contribution in [0.3, 0.4) is 0 Å². The molecule has 8 nitrogen and oxygen atoms in total. The van der Waals surface area contributed by atoms with Gasteiger partial charge in [-0.3, -0.25) is 4.99 Å². The first-order valence-electron chi connectivity index (χ1n) is 9.32. The van der Waals surface area contributed by atoms with E-state index in [-0.39, 0.29) is 24.0 Å². The van der Waals surface area contributed by atoms with Crippen molar-refractivity contribution in [3.8, 4) is 5.75 Å². The smallest absolute Gasteiger partial charge is 0.191 e. The van der Waals surface area contributed by atoms with E-state index in [1.54, 1.807) is 14.2 Å². The van der Waals surface area contributed by atoms with E-state index in [4.69, 9.17) is 4.74 Å². The largest absolute Gasteiger partial charge is 0.495 e. The van der Waals surface area contributed by atoms with Crippen molar-refractivity contribution in [2.75, 3.05) is 32.1 Å². The Balaban J connectivity index is 0.00000280. The van der Waals surface area contributed by atoms with Gasteiger partial charge in [0.1, 0.15) is 11.6 Å². The molecule has 0 atom stereocenters. The molecule has 0 bridgehead atoms. The summed E-state index contributed by atoms with van der Waals surface area (Å²) in [5.41, 5.74) is 1.17. The van der Waals surface area contributed by atoms with Crippen molar-refractivity contribution >= 4 is 35.6 Å². The molecule has 3 rings (SSSR count). The van der Waals surface area contributed by atoms with Gasteiger partial charge in [-0.05, 0) is 31.9 Å². The molecule has 9 heteroatoms. The number of aromatic nitrogens is 3. The Labute approximate surface area is 183 Å². The zero-order valence-corrected chi connectivity index (χ0v) is 19.3. The highest BCUT2D eigenvalue weighted by molar-refractivity contribution is 14.0. The fourth-order valence-corrected chi connectivity index (χ4v) is 3.31. The summed E-state index contributed by atoms with van der Waals surface area (Å²) in [6.45, 7) is 4.51. The van der Waals surface area contributed by atoms with Gasteiger partial charge in [-0.15, -0.1) is 34.2 Å². The van der Waals surface area contributed by atoms with Crippen molar-refractivity contribution in [2.24, 2.45) is 12.0 Å². The summed E-state index contributed by atoms with van der Waals surface area (Å²) in [6.07, 6.45) is 2.09. The number of hydrogen-bond acceptors (Lipinski definition) is 5. The molecule has 28 heavy (non-hydrogen) atoms. The maximum atomic E-state index is 5.49. The SMILES string of the molecule is CN=C(NCc1nnc(C)n1C)NC1CCN(c2ccccc2OC)CC1.I. The highest BCUT2D eigenvalue weighted by atomic mass is 127. The van der Waals surface area contributed by atoms with Crippen molar-refractivity contribution in [1.29, 1.82) is 0 Å². The molecule has 0 saturated carbocycles. The maximum absolute atomic E-state index is 5.49. The van der Waals surface area contributed by atoms with Crippen LogP contribution in [0.2, 0.25) is 0 Å². The molecule has 2 N–H and O–H groups in total. The van der Waals surface area contributed by atoms with Crippen molar-refractivity contribution in [2.45, 2.75) is 32.4 Å². The predicted molar refractivity (Wildman–Crippen MR) is 123 cm³/mol. The molecule has 154 valence electrons. The Morgan fingerprint density at radius 1 is 1.25 bits per heavy atom. The lowest BCUT2D eigenvalue weighted by molar-refractivity contribution is 0.408. The Bertz CT molecular complexity index is 784. The second-order valence-corrected chi connectivity index (χ2v) is 6.73. The van der Waals surface area contributed by atoms with Crippen LogP contribution in [0.25, 0.3) is 0 Å². The van der Waals surface area contributed by atoms with Crippen LogP contribution in [0.15, 0.2) is 29.3 Å². The molecule has 0 radical (unpaired) electrons. The number of nitrogens with one attached hydrogen (secondary N) is 2. The molecule has 1 saturated heterocycles. The van der Waals surface area contributed by atoms with E-state index in [9.17, 15) is 0 Å². The number of piperidine rings is 1. The number of rotatable bonds is 5. The third-order valence-electron chi connectivity index (χ3n) is 5.08. The summed E-state index contributed by atoms with van der Waals surface area (Å²) in [7, 11) is 5.48. The van der Waals surface area contributed by atoms with Gasteiger partial charge in [-0.25, -0.2) is 0 Å². The number of methoxy groups -OCH3 is 1. The van der Waals surface area contributed by atoms with Gasteiger partial charge >= 0.3 is 0 Å². The van der Waals surface area contributed by atoms with Crippen molar-refractivity contribution in [3.05, 3.63) is 35.9 Å². The number of hydrogen-bond donors (Lipinski definition) is 2. The maximum Gasteiger partial charge on any atom is 0.191 e. The number of guanidine groups is 1. The van der Waals surface area contributed by atoms with E-state index in [1.165, 1.54) is 5.69 Å². The van der Waals surface area contributed by atoms with Gasteiger partial charge in [-0.2, -0.15) is 0 Å². The van der Waals surface area contributed by atoms with Gasteiger partial charge in [0, 0.05) is 33.2 Å². The number of anilines is 1. The number of aliphatic imine (C=N–C) groups is 1. The molecular formula is C19H30IN7O. The van der Waals surface area contributed by atoms with E-state index in [2.05, 4.69) is 42.9 Å². The standard InChI is InChI=1S/C19H29N7O.HI/c1-14-23-24-18(25(14)3)13-21-19(20-2)22-15-9-11-26(12-10-15)16-7-5-6-8-17(16)27-4;/h5-8,15H,9-13H2,1-4H3,(H2,20,21,22);1H. The van der Waals surface area contributed by atoms with E-state index < -0.39 is 0 Å². The Hall–Kier alpha value is -2.04. The molecule has 1 aliphatic heterocycles. The quantitative estimate of drug-likeness (QED) is 0.373. The number of ether oxygens (including phenoxy) is 1. The summed E-state index contributed by atoms with van der Waals surface area (Å²) in [6, 6.07) is 8.59. The predicted octanol–water partition coefficient (Wildman–Crippen LogP) is 2.08. The number of nitrogens with zero attached hydrogens (tertiary/aromatic N) is 5. The van der Waals surface area contributed by atoms with E-state index in [0.29, 0.717) is 12.6 Å². The van der Waals surface area contributed by atoms with Gasteiger partial charge in [0.05, 0.1) is 19.3 Å². The van der Waals surface area contributed by atoms with Crippen LogP contribution in [-0.4, -0.2) is 54.0 Å².